The van der Waals surface area contributed by atoms with Crippen LogP contribution in [0.4, 0.5) is 4.39 Å². The van der Waals surface area contributed by atoms with Gasteiger partial charge in [0, 0.05) is 5.39 Å². The third-order valence-electron chi connectivity index (χ3n) is 4.92. The molecule has 114 valence electrons. The third kappa shape index (κ3) is 2.36. The van der Waals surface area contributed by atoms with Crippen molar-refractivity contribution in [1.29, 1.82) is 0 Å². The molecule has 3 rings (SSSR count). The van der Waals surface area contributed by atoms with Gasteiger partial charge in [-0.2, -0.15) is 0 Å². The molecule has 1 saturated heterocycles. The first kappa shape index (κ1) is 14.5. The second-order valence-corrected chi connectivity index (χ2v) is 6.11. The largest absolute Gasteiger partial charge is 0.455 e. The van der Waals surface area contributed by atoms with Crippen molar-refractivity contribution in [2.45, 2.75) is 44.8 Å². The Balaban J connectivity index is 1.97. The molecule has 2 heterocycles. The number of aliphatic hydroxyl groups excluding tert-OH is 1. The van der Waals surface area contributed by atoms with Crippen LogP contribution in [0.2, 0.25) is 0 Å². The standard InChI is InChI=1S/C17H22FNO2/c1-3-17(2,19-9-4-5-10-19)16(20)14-11-12-7-6-8-13(18)15(12)21-14/h6-8,11,16,20H,3-5,9-10H2,1-2H3. The molecule has 1 aromatic heterocycles. The Morgan fingerprint density at radius 2 is 2.10 bits per heavy atom. The molecule has 0 bridgehead atoms. The summed E-state index contributed by atoms with van der Waals surface area (Å²) in [6.45, 7) is 6.13. The van der Waals surface area contributed by atoms with Gasteiger partial charge in [-0.25, -0.2) is 4.39 Å². The average Bonchev–Trinajstić information content (AvgIpc) is 3.15. The minimum Gasteiger partial charge on any atom is -0.455 e. The summed E-state index contributed by atoms with van der Waals surface area (Å²) in [6.07, 6.45) is 2.38. The lowest BCUT2D eigenvalue weighted by atomic mass is 9.88. The molecule has 4 heteroatoms. The van der Waals surface area contributed by atoms with Crippen molar-refractivity contribution in [1.82, 2.24) is 4.90 Å². The van der Waals surface area contributed by atoms with E-state index in [9.17, 15) is 9.50 Å². The van der Waals surface area contributed by atoms with Crippen LogP contribution in [0.25, 0.3) is 11.0 Å². The van der Waals surface area contributed by atoms with Crippen LogP contribution in [-0.2, 0) is 0 Å². The lowest BCUT2D eigenvalue weighted by Crippen LogP contribution is -2.48. The van der Waals surface area contributed by atoms with E-state index in [0.717, 1.165) is 32.4 Å². The fourth-order valence-electron chi connectivity index (χ4n) is 3.31. The van der Waals surface area contributed by atoms with E-state index in [2.05, 4.69) is 18.7 Å². The minimum atomic E-state index is -0.757. The molecule has 3 nitrogen and oxygen atoms in total. The maximum Gasteiger partial charge on any atom is 0.170 e. The molecule has 1 aromatic carbocycles. The van der Waals surface area contributed by atoms with Gasteiger partial charge in [-0.15, -0.1) is 0 Å². The van der Waals surface area contributed by atoms with Crippen molar-refractivity contribution < 1.29 is 13.9 Å². The highest BCUT2D eigenvalue weighted by Gasteiger charge is 2.41. The second-order valence-electron chi connectivity index (χ2n) is 6.11. The van der Waals surface area contributed by atoms with Gasteiger partial charge in [0.25, 0.3) is 0 Å². The molecule has 0 saturated carbocycles. The first-order chi connectivity index (χ1) is 10.1. The summed E-state index contributed by atoms with van der Waals surface area (Å²) < 4.78 is 19.4. The van der Waals surface area contributed by atoms with E-state index in [0.29, 0.717) is 11.1 Å². The predicted octanol–water partition coefficient (Wildman–Crippen LogP) is 3.87. The van der Waals surface area contributed by atoms with Gasteiger partial charge in [0.05, 0.1) is 5.54 Å². The van der Waals surface area contributed by atoms with Crippen LogP contribution in [0.15, 0.2) is 28.7 Å². The van der Waals surface area contributed by atoms with E-state index < -0.39 is 6.10 Å². The zero-order valence-electron chi connectivity index (χ0n) is 12.6. The molecule has 2 unspecified atom stereocenters. The Bertz CT molecular complexity index is 633. The molecular formula is C17H22FNO2. The Labute approximate surface area is 124 Å². The molecule has 0 amide bonds. The van der Waals surface area contributed by atoms with Crippen molar-refractivity contribution in [2.75, 3.05) is 13.1 Å². The average molecular weight is 291 g/mol. The van der Waals surface area contributed by atoms with Gasteiger partial charge < -0.3 is 9.52 Å². The molecule has 1 aliphatic heterocycles. The fourth-order valence-corrected chi connectivity index (χ4v) is 3.31. The number of fused-ring (bicyclic) bond motifs is 1. The highest BCUT2D eigenvalue weighted by Crippen LogP contribution is 2.38. The molecule has 1 aliphatic rings. The van der Waals surface area contributed by atoms with Crippen LogP contribution in [0.1, 0.15) is 45.0 Å². The summed E-state index contributed by atoms with van der Waals surface area (Å²) in [6, 6.07) is 6.59. The summed E-state index contributed by atoms with van der Waals surface area (Å²) in [5, 5.41) is 11.5. The first-order valence-corrected chi connectivity index (χ1v) is 7.67. The zero-order valence-corrected chi connectivity index (χ0v) is 12.6. The smallest absolute Gasteiger partial charge is 0.170 e. The molecule has 21 heavy (non-hydrogen) atoms. The molecular weight excluding hydrogens is 269 g/mol. The summed E-state index contributed by atoms with van der Waals surface area (Å²) in [5.74, 6) is 0.0664. The topological polar surface area (TPSA) is 36.6 Å². The Morgan fingerprint density at radius 3 is 2.71 bits per heavy atom. The molecule has 0 spiro atoms. The molecule has 2 atom stereocenters. The molecule has 0 aliphatic carbocycles. The van der Waals surface area contributed by atoms with Crippen molar-refractivity contribution in [3.8, 4) is 0 Å². The van der Waals surface area contributed by atoms with E-state index in [1.54, 1.807) is 18.2 Å². The third-order valence-corrected chi connectivity index (χ3v) is 4.92. The number of para-hydroxylation sites is 1. The van der Waals surface area contributed by atoms with Crippen molar-refractivity contribution in [3.63, 3.8) is 0 Å². The van der Waals surface area contributed by atoms with Crippen LogP contribution in [0.5, 0.6) is 0 Å². The first-order valence-electron chi connectivity index (χ1n) is 7.67. The van der Waals surface area contributed by atoms with Gasteiger partial charge in [-0.1, -0.05) is 19.1 Å². The van der Waals surface area contributed by atoms with E-state index in [1.807, 2.05) is 0 Å². The van der Waals surface area contributed by atoms with E-state index in [1.165, 1.54) is 6.07 Å². The summed E-state index contributed by atoms with van der Waals surface area (Å²) in [5.41, 5.74) is -0.146. The Hall–Kier alpha value is -1.39. The van der Waals surface area contributed by atoms with Gasteiger partial charge in [-0.3, -0.25) is 4.90 Å². The number of rotatable bonds is 4. The fraction of sp³-hybridized carbons (Fsp3) is 0.529. The summed E-state index contributed by atoms with van der Waals surface area (Å²) in [4.78, 5) is 2.32. The van der Waals surface area contributed by atoms with Gasteiger partial charge in [0.15, 0.2) is 11.4 Å². The highest BCUT2D eigenvalue weighted by molar-refractivity contribution is 5.78. The summed E-state index contributed by atoms with van der Waals surface area (Å²) in [7, 11) is 0. The minimum absolute atomic E-state index is 0.228. The van der Waals surface area contributed by atoms with Gasteiger partial charge in [0.2, 0.25) is 0 Å². The van der Waals surface area contributed by atoms with Crippen molar-refractivity contribution in [3.05, 3.63) is 35.8 Å². The molecule has 1 fully saturated rings. The van der Waals surface area contributed by atoms with Gasteiger partial charge in [0.1, 0.15) is 11.9 Å². The lowest BCUT2D eigenvalue weighted by molar-refractivity contribution is -0.0247. The number of aliphatic hydroxyl groups is 1. The number of benzene rings is 1. The summed E-state index contributed by atoms with van der Waals surface area (Å²) >= 11 is 0. The monoisotopic (exact) mass is 291 g/mol. The maximum atomic E-state index is 13.8. The Morgan fingerprint density at radius 1 is 1.38 bits per heavy atom. The normalized spacial score (nSPS) is 20.8. The van der Waals surface area contributed by atoms with Gasteiger partial charge >= 0.3 is 0 Å². The number of hydrogen-bond donors (Lipinski definition) is 1. The van der Waals surface area contributed by atoms with Crippen molar-refractivity contribution >= 4 is 11.0 Å². The predicted molar refractivity (Wildman–Crippen MR) is 80.6 cm³/mol. The van der Waals surface area contributed by atoms with Crippen LogP contribution in [0, 0.1) is 5.82 Å². The van der Waals surface area contributed by atoms with Crippen LogP contribution in [-0.4, -0.2) is 28.6 Å². The Kier molecular flexibility index (Phi) is 3.76. The lowest BCUT2D eigenvalue weighted by Gasteiger charge is -2.41. The zero-order chi connectivity index (χ0) is 15.0. The van der Waals surface area contributed by atoms with Gasteiger partial charge in [-0.05, 0) is 51.4 Å². The molecule has 1 N–H and O–H groups in total. The number of nitrogens with zero attached hydrogens (tertiary/aromatic N) is 1. The van der Waals surface area contributed by atoms with Crippen LogP contribution >= 0.6 is 0 Å². The quantitative estimate of drug-likeness (QED) is 0.929. The van der Waals surface area contributed by atoms with E-state index >= 15 is 0 Å². The van der Waals surface area contributed by atoms with Crippen LogP contribution < -0.4 is 0 Å². The van der Waals surface area contributed by atoms with Crippen LogP contribution in [0.3, 0.4) is 0 Å². The van der Waals surface area contributed by atoms with E-state index in [4.69, 9.17) is 4.42 Å². The molecule has 2 aromatic rings. The second kappa shape index (κ2) is 5.43. The van der Waals surface area contributed by atoms with Crippen molar-refractivity contribution in [2.24, 2.45) is 0 Å². The molecule has 0 radical (unpaired) electrons. The maximum absolute atomic E-state index is 13.8. The number of furan rings is 1. The highest BCUT2D eigenvalue weighted by atomic mass is 19.1. The SMILES string of the molecule is CCC(C)(C(O)c1cc2cccc(F)c2o1)N1CCCC1. The van der Waals surface area contributed by atoms with E-state index in [-0.39, 0.29) is 16.9 Å². The number of likely N-dealkylation sites (tertiary alicyclic amines) is 1. The number of hydrogen-bond acceptors (Lipinski definition) is 3. The number of halogens is 1.